The molecular formula is C22H27N3O2S. The zero-order valence-corrected chi connectivity index (χ0v) is 18.2. The molecule has 0 atom stereocenters. The van der Waals surface area contributed by atoms with Gasteiger partial charge in [-0.3, -0.25) is 4.79 Å². The van der Waals surface area contributed by atoms with Crippen molar-refractivity contribution < 1.29 is 9.53 Å². The van der Waals surface area contributed by atoms with Crippen LogP contribution >= 0.6 is 11.3 Å². The van der Waals surface area contributed by atoms with Gasteiger partial charge in [0.2, 0.25) is 0 Å². The van der Waals surface area contributed by atoms with E-state index < -0.39 is 0 Å². The first-order valence-electron chi connectivity index (χ1n) is 9.40. The number of amides is 1. The maximum absolute atomic E-state index is 13.0. The second-order valence-electron chi connectivity index (χ2n) is 8.01. The third-order valence-electron chi connectivity index (χ3n) is 4.62. The number of likely N-dealkylation sites (N-methyl/N-ethyl adjacent to an activating group) is 1. The minimum Gasteiger partial charge on any atom is -0.492 e. The highest BCUT2D eigenvalue weighted by Gasteiger charge is 2.24. The van der Waals surface area contributed by atoms with Gasteiger partial charge in [0.25, 0.3) is 5.91 Å². The first kappa shape index (κ1) is 20.3. The molecule has 0 aliphatic carbocycles. The monoisotopic (exact) mass is 397 g/mol. The van der Waals surface area contributed by atoms with Gasteiger partial charge in [-0.05, 0) is 31.5 Å². The first-order chi connectivity index (χ1) is 13.2. The summed E-state index contributed by atoms with van der Waals surface area (Å²) in [6.45, 7) is 11.2. The van der Waals surface area contributed by atoms with Gasteiger partial charge in [-0.2, -0.15) is 0 Å². The van der Waals surface area contributed by atoms with Gasteiger partial charge < -0.3 is 9.64 Å². The van der Waals surface area contributed by atoms with E-state index in [2.05, 4.69) is 25.8 Å². The van der Waals surface area contributed by atoms with Crippen LogP contribution in [0.3, 0.4) is 0 Å². The molecular weight excluding hydrogens is 370 g/mol. The molecule has 2 aromatic heterocycles. The Morgan fingerprint density at radius 3 is 2.46 bits per heavy atom. The third kappa shape index (κ3) is 4.17. The van der Waals surface area contributed by atoms with Crippen molar-refractivity contribution in [2.24, 2.45) is 0 Å². The highest BCUT2D eigenvalue weighted by atomic mass is 32.1. The zero-order valence-electron chi connectivity index (χ0n) is 17.4. The normalized spacial score (nSPS) is 11.6. The number of ether oxygens (including phenoxy) is 1. The number of nitrogens with zero attached hydrogens (tertiary/aromatic N) is 3. The minimum atomic E-state index is -0.132. The van der Waals surface area contributed by atoms with Crippen molar-refractivity contribution in [2.45, 2.75) is 40.0 Å². The number of aromatic nitrogens is 2. The predicted molar refractivity (Wildman–Crippen MR) is 114 cm³/mol. The van der Waals surface area contributed by atoms with Crippen LogP contribution in [0.5, 0.6) is 5.75 Å². The Morgan fingerprint density at radius 2 is 1.82 bits per heavy atom. The van der Waals surface area contributed by atoms with Crippen LogP contribution in [0.15, 0.2) is 30.3 Å². The number of carbonyl (C=O) groups is 1. The van der Waals surface area contributed by atoms with E-state index in [9.17, 15) is 4.79 Å². The average Bonchev–Trinajstić information content (AvgIpc) is 2.98. The van der Waals surface area contributed by atoms with Crippen LogP contribution in [0, 0.1) is 13.8 Å². The van der Waals surface area contributed by atoms with Crippen molar-refractivity contribution in [1.82, 2.24) is 14.9 Å². The molecule has 0 unspecified atom stereocenters. The Hall–Kier alpha value is -2.47. The molecule has 3 rings (SSSR count). The lowest BCUT2D eigenvalue weighted by molar-refractivity contribution is 0.0778. The highest BCUT2D eigenvalue weighted by Crippen LogP contribution is 2.33. The number of hydrogen-bond donors (Lipinski definition) is 0. The van der Waals surface area contributed by atoms with Gasteiger partial charge in [-0.25, -0.2) is 9.97 Å². The summed E-state index contributed by atoms with van der Waals surface area (Å²) in [6.07, 6.45) is 0. The minimum absolute atomic E-state index is 0.00568. The van der Waals surface area contributed by atoms with Crippen molar-refractivity contribution in [3.8, 4) is 5.75 Å². The molecule has 28 heavy (non-hydrogen) atoms. The smallest absolute Gasteiger partial charge is 0.264 e. The second-order valence-corrected chi connectivity index (χ2v) is 9.01. The van der Waals surface area contributed by atoms with E-state index in [1.807, 2.05) is 44.2 Å². The van der Waals surface area contributed by atoms with Crippen molar-refractivity contribution in [1.29, 1.82) is 0 Å². The quantitative estimate of drug-likeness (QED) is 0.623. The van der Waals surface area contributed by atoms with E-state index in [1.54, 1.807) is 11.9 Å². The molecule has 1 aromatic carbocycles. The van der Waals surface area contributed by atoms with Gasteiger partial charge in [0.15, 0.2) is 0 Å². The number of thiophene rings is 1. The zero-order chi connectivity index (χ0) is 20.5. The summed E-state index contributed by atoms with van der Waals surface area (Å²) in [4.78, 5) is 25.7. The summed E-state index contributed by atoms with van der Waals surface area (Å²) in [7, 11) is 1.81. The number of hydrogen-bond acceptors (Lipinski definition) is 5. The molecule has 0 radical (unpaired) electrons. The van der Waals surface area contributed by atoms with Crippen molar-refractivity contribution in [2.75, 3.05) is 20.2 Å². The molecule has 0 saturated heterocycles. The summed E-state index contributed by atoms with van der Waals surface area (Å²) >= 11 is 1.45. The van der Waals surface area contributed by atoms with Crippen LogP contribution in [0.2, 0.25) is 0 Å². The second kappa shape index (κ2) is 7.87. The van der Waals surface area contributed by atoms with Gasteiger partial charge in [-0.1, -0.05) is 39.0 Å². The Labute approximate surface area is 170 Å². The summed E-state index contributed by atoms with van der Waals surface area (Å²) in [6, 6.07) is 9.63. The van der Waals surface area contributed by atoms with Gasteiger partial charge in [0.05, 0.1) is 17.1 Å². The van der Waals surface area contributed by atoms with Gasteiger partial charge in [-0.15, -0.1) is 11.3 Å². The lowest BCUT2D eigenvalue weighted by Gasteiger charge is -2.17. The summed E-state index contributed by atoms with van der Waals surface area (Å²) in [5.41, 5.74) is 1.75. The molecule has 2 heterocycles. The van der Waals surface area contributed by atoms with E-state index >= 15 is 0 Å². The van der Waals surface area contributed by atoms with Crippen LogP contribution in [0.25, 0.3) is 10.2 Å². The van der Waals surface area contributed by atoms with E-state index in [1.165, 1.54) is 11.3 Å². The Balaban J connectivity index is 1.79. The van der Waals surface area contributed by atoms with Crippen LogP contribution in [0.1, 0.15) is 47.5 Å². The van der Waals surface area contributed by atoms with Crippen LogP contribution in [-0.2, 0) is 5.41 Å². The van der Waals surface area contributed by atoms with E-state index in [0.717, 1.165) is 37.9 Å². The number of fused-ring (bicyclic) bond motifs is 1. The summed E-state index contributed by atoms with van der Waals surface area (Å²) in [5, 5.41) is 0.996. The number of benzene rings is 1. The molecule has 0 saturated carbocycles. The largest absolute Gasteiger partial charge is 0.492 e. The van der Waals surface area contributed by atoms with Gasteiger partial charge in [0, 0.05) is 17.8 Å². The van der Waals surface area contributed by atoms with Crippen molar-refractivity contribution in [3.05, 3.63) is 52.3 Å². The highest BCUT2D eigenvalue weighted by molar-refractivity contribution is 7.20. The Kier molecular flexibility index (Phi) is 5.70. The maximum Gasteiger partial charge on any atom is 0.264 e. The number of rotatable bonds is 5. The third-order valence-corrected chi connectivity index (χ3v) is 5.80. The fourth-order valence-corrected chi connectivity index (χ4v) is 4.20. The fraction of sp³-hybridized carbons (Fsp3) is 0.409. The first-order valence-corrected chi connectivity index (χ1v) is 10.2. The molecule has 1 amide bonds. The Morgan fingerprint density at radius 1 is 1.14 bits per heavy atom. The fourth-order valence-electron chi connectivity index (χ4n) is 2.97. The average molecular weight is 398 g/mol. The lowest BCUT2D eigenvalue weighted by atomic mass is 9.95. The molecule has 0 fully saturated rings. The van der Waals surface area contributed by atoms with E-state index in [-0.39, 0.29) is 11.3 Å². The molecule has 0 aliphatic heterocycles. The molecule has 5 nitrogen and oxygen atoms in total. The van der Waals surface area contributed by atoms with E-state index in [0.29, 0.717) is 13.2 Å². The SMILES string of the molecule is Cc1nc(C(C)(C)C)nc2sc(C(=O)N(C)CCOc3ccccc3)c(C)c12. The van der Waals surface area contributed by atoms with E-state index in [4.69, 9.17) is 9.72 Å². The molecule has 148 valence electrons. The Bertz CT molecular complexity index is 990. The molecule has 0 N–H and O–H groups in total. The molecule has 0 bridgehead atoms. The standard InChI is InChI=1S/C22H27N3O2S/c1-14-17-15(2)23-21(22(3,4)5)24-19(17)28-18(14)20(26)25(6)12-13-27-16-10-8-7-9-11-16/h7-11H,12-13H2,1-6H3. The lowest BCUT2D eigenvalue weighted by Crippen LogP contribution is -2.30. The predicted octanol–water partition coefficient (Wildman–Crippen LogP) is 4.76. The van der Waals surface area contributed by atoms with Crippen molar-refractivity contribution in [3.63, 3.8) is 0 Å². The number of carbonyl (C=O) groups excluding carboxylic acids is 1. The number of para-hydroxylation sites is 1. The summed E-state index contributed by atoms with van der Waals surface area (Å²) in [5.74, 6) is 1.61. The topological polar surface area (TPSA) is 55.3 Å². The maximum atomic E-state index is 13.0. The van der Waals surface area contributed by atoms with Crippen LogP contribution in [-0.4, -0.2) is 41.0 Å². The van der Waals surface area contributed by atoms with Crippen LogP contribution in [0.4, 0.5) is 0 Å². The molecule has 0 aliphatic rings. The number of aryl methyl sites for hydroxylation is 2. The summed E-state index contributed by atoms with van der Waals surface area (Å²) < 4.78 is 5.71. The van der Waals surface area contributed by atoms with Crippen LogP contribution < -0.4 is 4.74 Å². The molecule has 0 spiro atoms. The van der Waals surface area contributed by atoms with Gasteiger partial charge >= 0.3 is 0 Å². The van der Waals surface area contributed by atoms with Crippen molar-refractivity contribution >= 4 is 27.5 Å². The molecule has 6 heteroatoms. The molecule has 3 aromatic rings. The van der Waals surface area contributed by atoms with Gasteiger partial charge in [0.1, 0.15) is 23.0 Å².